The van der Waals surface area contributed by atoms with Crippen molar-refractivity contribution in [1.82, 2.24) is 9.37 Å². The van der Waals surface area contributed by atoms with E-state index in [1.54, 1.807) is 4.90 Å². The average molecular weight is 364 g/mol. The Balaban J connectivity index is 2.22. The van der Waals surface area contributed by atoms with E-state index in [9.17, 15) is 13.2 Å². The van der Waals surface area contributed by atoms with Crippen molar-refractivity contribution in [3.63, 3.8) is 0 Å². The lowest BCUT2D eigenvalue weighted by Gasteiger charge is -2.33. The topological polar surface area (TPSA) is 66.9 Å². The molecule has 0 bridgehead atoms. The van der Waals surface area contributed by atoms with E-state index < -0.39 is 10.0 Å². The molecule has 1 aromatic rings. The minimum Gasteiger partial charge on any atom is -0.325 e. The van der Waals surface area contributed by atoms with Crippen LogP contribution in [0.15, 0.2) is 29.2 Å². The van der Waals surface area contributed by atoms with E-state index >= 15 is 0 Å². The third-order valence-corrected chi connectivity index (χ3v) is 6.23. The highest BCUT2D eigenvalue weighted by Gasteiger charge is 2.26. The molecule has 7 heteroatoms. The first-order chi connectivity index (χ1) is 11.9. The maximum Gasteiger partial charge on any atom is 0.264 e. The summed E-state index contributed by atoms with van der Waals surface area (Å²) in [4.78, 5) is 19.4. The molecular formula is C18H24N2O4S. The van der Waals surface area contributed by atoms with Gasteiger partial charge in [-0.15, -0.1) is 6.42 Å². The minimum absolute atomic E-state index is 0.0644. The van der Waals surface area contributed by atoms with Gasteiger partial charge in [-0.3, -0.25) is 9.63 Å². The van der Waals surface area contributed by atoms with Crippen LogP contribution in [-0.4, -0.2) is 50.4 Å². The first-order valence-electron chi connectivity index (χ1n) is 8.29. The number of carbonyl (C=O) groups is 1. The quantitative estimate of drug-likeness (QED) is 0.574. The van der Waals surface area contributed by atoms with Crippen LogP contribution in [-0.2, 0) is 14.9 Å². The largest absolute Gasteiger partial charge is 0.325 e. The van der Waals surface area contributed by atoms with Crippen molar-refractivity contribution < 1.29 is 18.0 Å². The van der Waals surface area contributed by atoms with Crippen LogP contribution in [0, 0.1) is 12.3 Å². The number of sulfonamides is 1. The van der Waals surface area contributed by atoms with Gasteiger partial charge in [0.2, 0.25) is 0 Å². The Kier molecular flexibility index (Phi) is 6.59. The van der Waals surface area contributed by atoms with Crippen LogP contribution >= 0.6 is 0 Å². The lowest BCUT2D eigenvalue weighted by molar-refractivity contribution is -0.0258. The Bertz CT molecular complexity index is 731. The molecule has 1 aliphatic carbocycles. The second-order valence-electron chi connectivity index (χ2n) is 6.05. The Morgan fingerprint density at radius 3 is 2.36 bits per heavy atom. The zero-order chi connectivity index (χ0) is 18.4. The van der Waals surface area contributed by atoms with Crippen molar-refractivity contribution in [2.24, 2.45) is 0 Å². The van der Waals surface area contributed by atoms with Crippen molar-refractivity contribution in [3.05, 3.63) is 29.8 Å². The summed E-state index contributed by atoms with van der Waals surface area (Å²) in [7, 11) is -1.14. The zero-order valence-corrected chi connectivity index (χ0v) is 15.5. The summed E-state index contributed by atoms with van der Waals surface area (Å²) in [5.74, 6) is 2.40. The van der Waals surface area contributed by atoms with E-state index in [0.717, 1.165) is 30.2 Å². The molecule has 0 heterocycles. The van der Waals surface area contributed by atoms with Gasteiger partial charge in [-0.2, -0.15) is 0 Å². The first kappa shape index (κ1) is 19.4. The fraction of sp³-hybridized carbons (Fsp3) is 0.500. The monoisotopic (exact) mass is 364 g/mol. The second-order valence-corrected chi connectivity index (χ2v) is 7.99. The van der Waals surface area contributed by atoms with Crippen molar-refractivity contribution in [3.8, 4) is 12.3 Å². The summed E-state index contributed by atoms with van der Waals surface area (Å²) in [6, 6.07) is 6.01. The maximum atomic E-state index is 12.8. The molecule has 1 fully saturated rings. The first-order valence-corrected chi connectivity index (χ1v) is 9.73. The van der Waals surface area contributed by atoms with E-state index in [0.29, 0.717) is 5.56 Å². The van der Waals surface area contributed by atoms with E-state index in [4.69, 9.17) is 11.3 Å². The molecule has 1 aliphatic rings. The Labute approximate surface area is 149 Å². The number of hydroxylamine groups is 1. The van der Waals surface area contributed by atoms with Gasteiger partial charge in [0, 0.05) is 18.7 Å². The molecule has 1 saturated carbocycles. The van der Waals surface area contributed by atoms with Crippen LogP contribution in [0.5, 0.6) is 0 Å². The summed E-state index contributed by atoms with van der Waals surface area (Å²) in [6.45, 7) is 0.260. The van der Waals surface area contributed by atoms with Crippen molar-refractivity contribution in [2.45, 2.75) is 43.0 Å². The molecule has 0 spiro atoms. The summed E-state index contributed by atoms with van der Waals surface area (Å²) in [5, 5.41) is 0. The van der Waals surface area contributed by atoms with E-state index in [-0.39, 0.29) is 23.4 Å². The lowest BCUT2D eigenvalue weighted by Crippen LogP contribution is -2.41. The highest BCUT2D eigenvalue weighted by Crippen LogP contribution is 2.24. The summed E-state index contributed by atoms with van der Waals surface area (Å²) >= 11 is 0. The molecule has 136 valence electrons. The highest BCUT2D eigenvalue weighted by atomic mass is 32.2. The summed E-state index contributed by atoms with van der Waals surface area (Å²) in [6.07, 6.45) is 10.7. The van der Waals surface area contributed by atoms with E-state index in [1.807, 2.05) is 0 Å². The summed E-state index contributed by atoms with van der Waals surface area (Å²) in [5.41, 5.74) is 0.430. The van der Waals surface area contributed by atoms with Crippen molar-refractivity contribution >= 4 is 15.9 Å². The van der Waals surface area contributed by atoms with Crippen LogP contribution in [0.3, 0.4) is 0 Å². The van der Waals surface area contributed by atoms with Gasteiger partial charge < -0.3 is 4.90 Å². The molecule has 0 N–H and O–H groups in total. The Hall–Kier alpha value is -1.88. The number of hydrogen-bond donors (Lipinski definition) is 0. The molecule has 25 heavy (non-hydrogen) atoms. The molecule has 2 rings (SSSR count). The molecule has 0 unspecified atom stereocenters. The van der Waals surface area contributed by atoms with Gasteiger partial charge in [0.25, 0.3) is 15.9 Å². The molecular weight excluding hydrogens is 340 g/mol. The molecule has 0 aromatic heterocycles. The SMILES string of the molecule is C#CCN(C(=O)c1ccc(S(=O)(=O)N(C)OC)cc1)C1CCCCC1. The number of nitrogens with zero attached hydrogens (tertiary/aromatic N) is 2. The predicted molar refractivity (Wildman–Crippen MR) is 95.1 cm³/mol. The van der Waals surface area contributed by atoms with Crippen LogP contribution in [0.2, 0.25) is 0 Å². The van der Waals surface area contributed by atoms with Gasteiger partial charge >= 0.3 is 0 Å². The van der Waals surface area contributed by atoms with Crippen LogP contribution in [0.25, 0.3) is 0 Å². The number of carbonyl (C=O) groups excluding carboxylic acids is 1. The molecule has 0 radical (unpaired) electrons. The average Bonchev–Trinajstić information content (AvgIpc) is 2.65. The predicted octanol–water partition coefficient (Wildman–Crippen LogP) is 2.28. The molecule has 1 amide bonds. The second kappa shape index (κ2) is 8.48. The van der Waals surface area contributed by atoms with E-state index in [1.165, 1.54) is 44.8 Å². The minimum atomic E-state index is -3.73. The number of hydrogen-bond acceptors (Lipinski definition) is 4. The number of terminal acetylenes is 1. The van der Waals surface area contributed by atoms with Gasteiger partial charge in [0.1, 0.15) is 0 Å². The van der Waals surface area contributed by atoms with Gasteiger partial charge in [0.15, 0.2) is 0 Å². The van der Waals surface area contributed by atoms with Gasteiger partial charge in [0.05, 0.1) is 18.6 Å². The molecule has 1 aromatic carbocycles. The normalized spacial score (nSPS) is 15.8. The molecule has 0 saturated heterocycles. The van der Waals surface area contributed by atoms with Crippen LogP contribution in [0.1, 0.15) is 42.5 Å². The molecule has 0 aliphatic heterocycles. The highest BCUT2D eigenvalue weighted by molar-refractivity contribution is 7.89. The van der Waals surface area contributed by atoms with Crippen molar-refractivity contribution in [2.75, 3.05) is 20.7 Å². The number of rotatable bonds is 6. The standard InChI is InChI=1S/C18H24N2O4S/c1-4-14-20(16-8-6-5-7-9-16)18(21)15-10-12-17(13-11-15)25(22,23)19(2)24-3/h1,10-13,16H,5-9,14H2,2-3H3. The smallest absolute Gasteiger partial charge is 0.264 e. The summed E-state index contributed by atoms with van der Waals surface area (Å²) < 4.78 is 25.2. The lowest BCUT2D eigenvalue weighted by atomic mass is 9.93. The fourth-order valence-corrected chi connectivity index (χ4v) is 4.01. The third kappa shape index (κ3) is 4.40. The van der Waals surface area contributed by atoms with Crippen LogP contribution in [0.4, 0.5) is 0 Å². The Morgan fingerprint density at radius 1 is 1.24 bits per heavy atom. The number of amides is 1. The molecule has 6 nitrogen and oxygen atoms in total. The third-order valence-electron chi connectivity index (χ3n) is 4.53. The Morgan fingerprint density at radius 2 is 1.84 bits per heavy atom. The van der Waals surface area contributed by atoms with Crippen molar-refractivity contribution in [1.29, 1.82) is 0 Å². The van der Waals surface area contributed by atoms with E-state index in [2.05, 4.69) is 5.92 Å². The zero-order valence-electron chi connectivity index (χ0n) is 14.6. The fourth-order valence-electron chi connectivity index (χ4n) is 3.04. The number of benzene rings is 1. The van der Waals surface area contributed by atoms with Gasteiger partial charge in [-0.05, 0) is 37.1 Å². The maximum absolute atomic E-state index is 12.8. The molecule has 0 atom stereocenters. The van der Waals surface area contributed by atoms with Gasteiger partial charge in [-0.25, -0.2) is 8.42 Å². The van der Waals surface area contributed by atoms with Gasteiger partial charge in [-0.1, -0.05) is 29.7 Å². The van der Waals surface area contributed by atoms with Crippen LogP contribution < -0.4 is 0 Å².